The smallest absolute Gasteiger partial charge is 0.355 e. The van der Waals surface area contributed by atoms with Gasteiger partial charge in [-0.3, -0.25) is 0 Å². The minimum absolute atomic E-state index is 0.142. The van der Waals surface area contributed by atoms with Crippen LogP contribution in [0.3, 0.4) is 0 Å². The lowest BCUT2D eigenvalue weighted by molar-refractivity contribution is 0.0591. The number of phenolic OH excluding ortho intramolecular Hbond substituents is 1. The van der Waals surface area contributed by atoms with E-state index in [2.05, 4.69) is 0 Å². The summed E-state index contributed by atoms with van der Waals surface area (Å²) in [6.45, 7) is 0. The van der Waals surface area contributed by atoms with Gasteiger partial charge in [-0.05, 0) is 12.1 Å². The molecule has 0 aliphatic carbocycles. The topological polar surface area (TPSA) is 51.5 Å². The Bertz CT molecular complexity index is 558. The Morgan fingerprint density at radius 1 is 1.24 bits per heavy atom. The van der Waals surface area contributed by atoms with Gasteiger partial charge >= 0.3 is 5.97 Å². The zero-order valence-electron chi connectivity index (χ0n) is 9.68. The number of aryl methyl sites for hydroxylation is 1. The van der Waals surface area contributed by atoms with Crippen molar-refractivity contribution >= 4 is 5.97 Å². The average molecular weight is 231 g/mol. The molecule has 0 aliphatic heterocycles. The second-order valence-electron chi connectivity index (χ2n) is 3.70. The van der Waals surface area contributed by atoms with Gasteiger partial charge in [0.2, 0.25) is 0 Å². The number of para-hydroxylation sites is 1. The Balaban J connectivity index is 2.61. The molecular weight excluding hydrogens is 218 g/mol. The Kier molecular flexibility index (Phi) is 2.87. The van der Waals surface area contributed by atoms with Crippen LogP contribution in [0, 0.1) is 0 Å². The Hall–Kier alpha value is -2.23. The Morgan fingerprint density at radius 2 is 1.94 bits per heavy atom. The van der Waals surface area contributed by atoms with E-state index in [-0.39, 0.29) is 5.75 Å². The zero-order chi connectivity index (χ0) is 12.4. The quantitative estimate of drug-likeness (QED) is 0.806. The average Bonchev–Trinajstić information content (AvgIpc) is 2.71. The molecule has 4 heteroatoms. The van der Waals surface area contributed by atoms with Gasteiger partial charge < -0.3 is 14.4 Å². The predicted octanol–water partition coefficient (Wildman–Crippen LogP) is 2.18. The molecule has 2 aromatic rings. The fourth-order valence-electron chi connectivity index (χ4n) is 1.80. The monoisotopic (exact) mass is 231 g/mol. The lowest BCUT2D eigenvalue weighted by atomic mass is 10.1. The molecule has 0 amide bonds. The van der Waals surface area contributed by atoms with Crippen LogP contribution in [0.4, 0.5) is 0 Å². The largest absolute Gasteiger partial charge is 0.507 e. The van der Waals surface area contributed by atoms with Crippen molar-refractivity contribution in [3.63, 3.8) is 0 Å². The molecule has 1 aromatic carbocycles. The highest BCUT2D eigenvalue weighted by molar-refractivity contribution is 5.96. The van der Waals surface area contributed by atoms with Crippen molar-refractivity contribution in [3.8, 4) is 16.9 Å². The molecule has 0 aliphatic rings. The number of ether oxygens (including phenoxy) is 1. The normalized spacial score (nSPS) is 10.2. The molecule has 2 rings (SSSR count). The molecule has 0 atom stereocenters. The van der Waals surface area contributed by atoms with E-state index < -0.39 is 5.97 Å². The summed E-state index contributed by atoms with van der Waals surface area (Å²) < 4.78 is 6.41. The van der Waals surface area contributed by atoms with E-state index in [0.29, 0.717) is 16.8 Å². The van der Waals surface area contributed by atoms with Crippen molar-refractivity contribution in [2.45, 2.75) is 0 Å². The predicted molar refractivity (Wildman–Crippen MR) is 63.9 cm³/mol. The van der Waals surface area contributed by atoms with E-state index in [1.165, 1.54) is 7.11 Å². The third kappa shape index (κ3) is 1.89. The molecular formula is C13H13NO3. The Morgan fingerprint density at radius 3 is 2.59 bits per heavy atom. The first-order valence-corrected chi connectivity index (χ1v) is 5.17. The summed E-state index contributed by atoms with van der Waals surface area (Å²) in [7, 11) is 3.10. The highest BCUT2D eigenvalue weighted by Crippen LogP contribution is 2.32. The number of nitrogens with zero attached hydrogens (tertiary/aromatic N) is 1. The van der Waals surface area contributed by atoms with Crippen LogP contribution in [0.15, 0.2) is 36.5 Å². The molecule has 4 nitrogen and oxygen atoms in total. The Labute approximate surface area is 99.1 Å². The maximum absolute atomic E-state index is 11.7. The number of esters is 1. The first-order chi connectivity index (χ1) is 8.15. The lowest BCUT2D eigenvalue weighted by Crippen LogP contribution is -2.08. The zero-order valence-corrected chi connectivity index (χ0v) is 9.68. The summed E-state index contributed by atoms with van der Waals surface area (Å²) in [5, 5.41) is 9.79. The van der Waals surface area contributed by atoms with E-state index in [1.807, 2.05) is 6.07 Å². The van der Waals surface area contributed by atoms with Crippen molar-refractivity contribution < 1.29 is 14.6 Å². The molecule has 88 valence electrons. The molecule has 0 bridgehead atoms. The van der Waals surface area contributed by atoms with Gasteiger partial charge in [-0.2, -0.15) is 0 Å². The SMILES string of the molecule is COC(=O)c1c(-c2ccccc2O)ccn1C. The van der Waals surface area contributed by atoms with Gasteiger partial charge in [-0.25, -0.2) is 4.79 Å². The van der Waals surface area contributed by atoms with Crippen molar-refractivity contribution in [1.29, 1.82) is 0 Å². The summed E-state index contributed by atoms with van der Waals surface area (Å²) in [4.78, 5) is 11.7. The molecule has 17 heavy (non-hydrogen) atoms. The molecule has 0 saturated heterocycles. The standard InChI is InChI=1S/C13H13NO3/c1-14-8-7-10(12(14)13(16)17-2)9-5-3-4-6-11(9)15/h3-8,15H,1-2H3. The number of methoxy groups -OCH3 is 1. The molecule has 1 aromatic heterocycles. The molecule has 0 unspecified atom stereocenters. The van der Waals surface area contributed by atoms with Crippen LogP contribution in [-0.4, -0.2) is 22.8 Å². The van der Waals surface area contributed by atoms with Crippen LogP contribution >= 0.6 is 0 Å². The van der Waals surface area contributed by atoms with Gasteiger partial charge in [-0.15, -0.1) is 0 Å². The number of aromatic hydroxyl groups is 1. The third-order valence-electron chi connectivity index (χ3n) is 2.65. The number of rotatable bonds is 2. The molecule has 1 N–H and O–H groups in total. The number of carbonyl (C=O) groups excluding carboxylic acids is 1. The van der Waals surface area contributed by atoms with Gasteiger partial charge in [-0.1, -0.05) is 18.2 Å². The fraction of sp³-hybridized carbons (Fsp3) is 0.154. The van der Waals surface area contributed by atoms with Crippen LogP contribution in [0.25, 0.3) is 11.1 Å². The first-order valence-electron chi connectivity index (χ1n) is 5.17. The van der Waals surface area contributed by atoms with Crippen LogP contribution in [0.5, 0.6) is 5.75 Å². The van der Waals surface area contributed by atoms with Gasteiger partial charge in [0.15, 0.2) is 0 Å². The van der Waals surface area contributed by atoms with Gasteiger partial charge in [0.25, 0.3) is 0 Å². The van der Waals surface area contributed by atoms with Gasteiger partial charge in [0.1, 0.15) is 11.4 Å². The number of hydrogen-bond donors (Lipinski definition) is 1. The van der Waals surface area contributed by atoms with E-state index in [4.69, 9.17) is 4.74 Å². The number of hydrogen-bond acceptors (Lipinski definition) is 3. The van der Waals surface area contributed by atoms with E-state index >= 15 is 0 Å². The highest BCUT2D eigenvalue weighted by Gasteiger charge is 2.18. The van der Waals surface area contributed by atoms with Crippen molar-refractivity contribution in [2.24, 2.45) is 7.05 Å². The fourth-order valence-corrected chi connectivity index (χ4v) is 1.80. The molecule has 0 spiro atoms. The van der Waals surface area contributed by atoms with Crippen molar-refractivity contribution in [2.75, 3.05) is 7.11 Å². The van der Waals surface area contributed by atoms with E-state index in [9.17, 15) is 9.90 Å². The summed E-state index contributed by atoms with van der Waals surface area (Å²) in [6, 6.07) is 8.67. The number of phenols is 1. The van der Waals surface area contributed by atoms with Gasteiger partial charge in [0.05, 0.1) is 7.11 Å². The second kappa shape index (κ2) is 4.33. The maximum Gasteiger partial charge on any atom is 0.355 e. The lowest BCUT2D eigenvalue weighted by Gasteiger charge is -2.07. The first kappa shape index (κ1) is 11.3. The number of benzene rings is 1. The summed E-state index contributed by atoms with van der Waals surface area (Å²) in [5.41, 5.74) is 1.71. The molecule has 1 heterocycles. The summed E-state index contributed by atoms with van der Waals surface area (Å²) >= 11 is 0. The molecule has 0 radical (unpaired) electrons. The number of aromatic nitrogens is 1. The van der Waals surface area contributed by atoms with Gasteiger partial charge in [0, 0.05) is 24.4 Å². The van der Waals surface area contributed by atoms with E-state index in [0.717, 1.165) is 0 Å². The van der Waals surface area contributed by atoms with Crippen LogP contribution in [-0.2, 0) is 11.8 Å². The molecule has 0 saturated carbocycles. The highest BCUT2D eigenvalue weighted by atomic mass is 16.5. The van der Waals surface area contributed by atoms with Crippen molar-refractivity contribution in [3.05, 3.63) is 42.2 Å². The van der Waals surface area contributed by atoms with Crippen LogP contribution in [0.2, 0.25) is 0 Å². The van der Waals surface area contributed by atoms with Crippen LogP contribution in [0.1, 0.15) is 10.5 Å². The number of carbonyl (C=O) groups is 1. The second-order valence-corrected chi connectivity index (χ2v) is 3.70. The summed E-state index contributed by atoms with van der Waals surface area (Å²) in [6.07, 6.45) is 1.76. The minimum Gasteiger partial charge on any atom is -0.507 e. The minimum atomic E-state index is -0.421. The third-order valence-corrected chi connectivity index (χ3v) is 2.65. The van der Waals surface area contributed by atoms with Crippen LogP contribution < -0.4 is 0 Å². The molecule has 0 fully saturated rings. The van der Waals surface area contributed by atoms with E-state index in [1.54, 1.807) is 42.1 Å². The maximum atomic E-state index is 11.7. The summed E-state index contributed by atoms with van der Waals surface area (Å²) in [5.74, 6) is -0.278. The van der Waals surface area contributed by atoms with Crippen molar-refractivity contribution in [1.82, 2.24) is 4.57 Å².